The number of carbonyl (C=O) groups is 1. The minimum Gasteiger partial charge on any atom is -0.486 e. The third-order valence-electron chi connectivity index (χ3n) is 3.02. The number of carbonyl (C=O) groups excluding carboxylic acids is 1. The number of anilines is 1. The van der Waals surface area contributed by atoms with Crippen LogP contribution in [0.25, 0.3) is 0 Å². The Hall–Kier alpha value is -2.06. The van der Waals surface area contributed by atoms with E-state index in [4.69, 9.17) is 4.74 Å². The summed E-state index contributed by atoms with van der Waals surface area (Å²) in [6, 6.07) is 5.59. The zero-order valence-corrected chi connectivity index (χ0v) is 11.0. The second-order valence-electron chi connectivity index (χ2n) is 4.22. The maximum atomic E-state index is 12.2. The lowest BCUT2D eigenvalue weighted by Crippen LogP contribution is -2.35. The number of nitro benzene ring substituents is 1. The van der Waals surface area contributed by atoms with Crippen LogP contribution in [0.3, 0.4) is 0 Å². The van der Waals surface area contributed by atoms with Crippen LogP contribution >= 0.6 is 11.8 Å². The average Bonchev–Trinajstić information content (AvgIpc) is 2.72. The third kappa shape index (κ3) is 1.93. The molecule has 2 aliphatic rings. The topological polar surface area (TPSA) is 92.9 Å². The first-order valence-corrected chi connectivity index (χ1v) is 6.84. The molecule has 0 aliphatic carbocycles. The van der Waals surface area contributed by atoms with Crippen LogP contribution in [0, 0.1) is 10.1 Å². The van der Waals surface area contributed by atoms with Crippen molar-refractivity contribution >= 4 is 29.0 Å². The molecule has 1 atom stereocenters. The van der Waals surface area contributed by atoms with Gasteiger partial charge in [0.05, 0.1) is 22.1 Å². The van der Waals surface area contributed by atoms with Crippen LogP contribution in [0.2, 0.25) is 0 Å². The van der Waals surface area contributed by atoms with Crippen LogP contribution in [0.1, 0.15) is 0 Å². The van der Waals surface area contributed by atoms with Gasteiger partial charge < -0.3 is 9.84 Å². The Morgan fingerprint density at radius 3 is 3.00 bits per heavy atom. The van der Waals surface area contributed by atoms with E-state index in [-0.39, 0.29) is 17.1 Å². The number of amides is 1. The summed E-state index contributed by atoms with van der Waals surface area (Å²) in [7, 11) is 0. The Kier molecular flexibility index (Phi) is 3.11. The van der Waals surface area contributed by atoms with E-state index >= 15 is 0 Å². The van der Waals surface area contributed by atoms with Gasteiger partial charge in [0.15, 0.2) is 12.0 Å². The van der Waals surface area contributed by atoms with Gasteiger partial charge in [0.25, 0.3) is 11.6 Å². The van der Waals surface area contributed by atoms with Gasteiger partial charge in [-0.25, -0.2) is 0 Å². The van der Waals surface area contributed by atoms with Gasteiger partial charge in [-0.2, -0.15) is 0 Å². The van der Waals surface area contributed by atoms with Gasteiger partial charge in [0.1, 0.15) is 0 Å². The quantitative estimate of drug-likeness (QED) is 0.651. The number of hydrogen-bond acceptors (Lipinski definition) is 6. The predicted octanol–water partition coefficient (Wildman–Crippen LogP) is 1.23. The second kappa shape index (κ2) is 4.80. The number of ether oxygens (including phenoxy) is 1. The molecule has 104 valence electrons. The maximum Gasteiger partial charge on any atom is 0.296 e. The summed E-state index contributed by atoms with van der Waals surface area (Å²) in [5.41, 5.74) is 0.135. The second-order valence-corrected chi connectivity index (χ2v) is 5.35. The molecule has 8 heteroatoms. The number of rotatable bonds is 2. The summed E-state index contributed by atoms with van der Waals surface area (Å²) in [4.78, 5) is 24.0. The molecule has 1 unspecified atom stereocenters. The molecule has 1 aromatic rings. The molecule has 2 heterocycles. The monoisotopic (exact) mass is 294 g/mol. The number of nitro groups is 1. The minimum atomic E-state index is -1.15. The van der Waals surface area contributed by atoms with Crippen molar-refractivity contribution in [2.75, 3.05) is 17.3 Å². The first kappa shape index (κ1) is 12.9. The highest BCUT2D eigenvalue weighted by molar-refractivity contribution is 8.03. The largest absolute Gasteiger partial charge is 0.486 e. The molecule has 0 saturated carbocycles. The number of aliphatic hydroxyl groups excluding tert-OH is 1. The van der Waals surface area contributed by atoms with Gasteiger partial charge in [0, 0.05) is 17.9 Å². The fourth-order valence-corrected chi connectivity index (χ4v) is 3.06. The van der Waals surface area contributed by atoms with E-state index in [0.717, 1.165) is 4.90 Å². The van der Waals surface area contributed by atoms with E-state index in [1.807, 2.05) is 0 Å². The Bertz CT molecular complexity index is 630. The van der Waals surface area contributed by atoms with E-state index in [1.165, 1.54) is 36.0 Å². The van der Waals surface area contributed by atoms with Crippen molar-refractivity contribution in [2.24, 2.45) is 0 Å². The molecule has 0 spiro atoms. The number of hydrogen-bond donors (Lipinski definition) is 1. The number of aliphatic hydroxyl groups is 1. The fourth-order valence-electron chi connectivity index (χ4n) is 2.14. The molecule has 0 fully saturated rings. The predicted molar refractivity (Wildman–Crippen MR) is 72.0 cm³/mol. The molecule has 1 N–H and O–H groups in total. The summed E-state index contributed by atoms with van der Waals surface area (Å²) in [6.45, 7) is 0.407. The van der Waals surface area contributed by atoms with Crippen molar-refractivity contribution in [3.8, 4) is 0 Å². The van der Waals surface area contributed by atoms with Crippen LogP contribution in [0.5, 0.6) is 0 Å². The normalized spacial score (nSPS) is 21.8. The van der Waals surface area contributed by atoms with Crippen molar-refractivity contribution < 1.29 is 19.6 Å². The van der Waals surface area contributed by atoms with Crippen LogP contribution in [-0.4, -0.2) is 34.5 Å². The lowest BCUT2D eigenvalue weighted by molar-refractivity contribution is -0.384. The maximum absolute atomic E-state index is 12.2. The molecule has 1 aromatic carbocycles. The van der Waals surface area contributed by atoms with Gasteiger partial charge in [-0.05, 0) is 6.07 Å². The number of benzene rings is 1. The van der Waals surface area contributed by atoms with Gasteiger partial charge in [-0.1, -0.05) is 6.07 Å². The van der Waals surface area contributed by atoms with Gasteiger partial charge in [-0.3, -0.25) is 19.8 Å². The zero-order chi connectivity index (χ0) is 14.3. The molecule has 20 heavy (non-hydrogen) atoms. The molecule has 0 aromatic heterocycles. The zero-order valence-electron chi connectivity index (χ0n) is 10.2. The smallest absolute Gasteiger partial charge is 0.296 e. The van der Waals surface area contributed by atoms with E-state index in [2.05, 4.69) is 0 Å². The Labute approximate surface area is 118 Å². The lowest BCUT2D eigenvalue weighted by Gasteiger charge is -2.21. The molecule has 0 saturated heterocycles. The van der Waals surface area contributed by atoms with Crippen molar-refractivity contribution in [3.63, 3.8) is 0 Å². The van der Waals surface area contributed by atoms with E-state index in [9.17, 15) is 20.0 Å². The highest BCUT2D eigenvalue weighted by Crippen LogP contribution is 2.39. The molecule has 3 rings (SSSR count). The van der Waals surface area contributed by atoms with Crippen LogP contribution in [0.4, 0.5) is 11.4 Å². The molecule has 0 bridgehead atoms. The van der Waals surface area contributed by atoms with E-state index in [1.54, 1.807) is 0 Å². The SMILES string of the molecule is O=C1C2=C(SCCO2)C(O)N1c1cccc([N+](=O)[O-])c1. The van der Waals surface area contributed by atoms with Crippen molar-refractivity contribution in [3.05, 3.63) is 45.0 Å². The summed E-state index contributed by atoms with van der Waals surface area (Å²) in [5.74, 6) is 0.326. The molecule has 7 nitrogen and oxygen atoms in total. The van der Waals surface area contributed by atoms with Crippen molar-refractivity contribution in [1.29, 1.82) is 0 Å². The van der Waals surface area contributed by atoms with Crippen LogP contribution < -0.4 is 4.90 Å². The minimum absolute atomic E-state index is 0.138. The molecule has 0 radical (unpaired) electrons. The Balaban J connectivity index is 1.98. The molecule has 1 amide bonds. The first-order chi connectivity index (χ1) is 9.59. The Morgan fingerprint density at radius 1 is 1.50 bits per heavy atom. The summed E-state index contributed by atoms with van der Waals surface area (Å²) >= 11 is 1.36. The molecular weight excluding hydrogens is 284 g/mol. The summed E-state index contributed by atoms with van der Waals surface area (Å²) < 4.78 is 5.29. The van der Waals surface area contributed by atoms with E-state index in [0.29, 0.717) is 17.3 Å². The highest BCUT2D eigenvalue weighted by Gasteiger charge is 2.42. The average molecular weight is 294 g/mol. The van der Waals surface area contributed by atoms with Crippen LogP contribution in [-0.2, 0) is 9.53 Å². The molecular formula is C12H10N2O5S. The van der Waals surface area contributed by atoms with Crippen molar-refractivity contribution in [1.82, 2.24) is 0 Å². The standard InChI is InChI=1S/C12H10N2O5S/c15-11-9-10(20-5-4-19-9)12(16)13(11)7-2-1-3-8(6-7)14(17)18/h1-3,6,12,16H,4-5H2. The number of non-ortho nitro benzene ring substituents is 1. The fraction of sp³-hybridized carbons (Fsp3) is 0.250. The summed E-state index contributed by atoms with van der Waals surface area (Å²) in [6.07, 6.45) is -1.15. The van der Waals surface area contributed by atoms with Crippen LogP contribution in [0.15, 0.2) is 34.9 Å². The highest BCUT2D eigenvalue weighted by atomic mass is 32.2. The van der Waals surface area contributed by atoms with Gasteiger partial charge >= 0.3 is 0 Å². The Morgan fingerprint density at radius 2 is 2.30 bits per heavy atom. The first-order valence-electron chi connectivity index (χ1n) is 5.85. The molecule has 2 aliphatic heterocycles. The van der Waals surface area contributed by atoms with Gasteiger partial charge in [-0.15, -0.1) is 11.8 Å². The van der Waals surface area contributed by atoms with E-state index < -0.39 is 17.1 Å². The van der Waals surface area contributed by atoms with Gasteiger partial charge in [0.2, 0.25) is 0 Å². The lowest BCUT2D eigenvalue weighted by atomic mass is 10.2. The van der Waals surface area contributed by atoms with Crippen molar-refractivity contribution in [2.45, 2.75) is 6.23 Å². The number of nitrogens with zero attached hydrogens (tertiary/aromatic N) is 2. The third-order valence-corrected chi connectivity index (χ3v) is 4.10. The number of thioether (sulfide) groups is 1. The summed E-state index contributed by atoms with van der Waals surface area (Å²) in [5, 5.41) is 21.0.